The second-order valence-electron chi connectivity index (χ2n) is 7.91. The van der Waals surface area contributed by atoms with Gasteiger partial charge in [0.2, 0.25) is 5.91 Å². The fraction of sp³-hybridized carbons (Fsp3) is 0.526. The van der Waals surface area contributed by atoms with Gasteiger partial charge < -0.3 is 10.3 Å². The minimum atomic E-state index is -3.03. The van der Waals surface area contributed by atoms with Crippen molar-refractivity contribution in [1.29, 1.82) is 0 Å². The molecule has 2 N–H and O–H groups in total. The number of amides is 1. The molecule has 4 rings (SSSR count). The molecule has 2 aliphatic heterocycles. The molecule has 140 valence electrons. The Bertz CT molecular complexity index is 966. The highest BCUT2D eigenvalue weighted by molar-refractivity contribution is 7.91. The molecular weight excluding hydrogens is 350 g/mol. The predicted molar refractivity (Wildman–Crippen MR) is 102 cm³/mol. The van der Waals surface area contributed by atoms with Gasteiger partial charge in [-0.1, -0.05) is 18.2 Å². The first-order chi connectivity index (χ1) is 12.3. The third-order valence-corrected chi connectivity index (χ3v) is 7.66. The highest BCUT2D eigenvalue weighted by Crippen LogP contribution is 2.34. The van der Waals surface area contributed by atoms with Crippen LogP contribution in [0.5, 0.6) is 0 Å². The van der Waals surface area contributed by atoms with E-state index in [0.29, 0.717) is 6.42 Å². The van der Waals surface area contributed by atoms with Crippen molar-refractivity contribution in [2.24, 2.45) is 0 Å². The standard InChI is InChI=1S/C19H25N3O3S/c1-13-18-15(14-5-3-4-6-16(14)20-18)7-9-22(13)11-17(23)21-19(2)8-10-26(24,25)12-19/h3-6,13,20H,7-12H2,1-2H3,(H,21,23)/t13-,19-/m0/s1. The largest absolute Gasteiger partial charge is 0.357 e. The molecule has 7 heteroatoms. The van der Waals surface area contributed by atoms with E-state index < -0.39 is 15.4 Å². The average Bonchev–Trinajstić information content (AvgIpc) is 3.07. The summed E-state index contributed by atoms with van der Waals surface area (Å²) in [7, 11) is -3.03. The van der Waals surface area contributed by atoms with Crippen LogP contribution in [0.1, 0.15) is 37.6 Å². The van der Waals surface area contributed by atoms with Gasteiger partial charge in [-0.25, -0.2) is 8.42 Å². The second-order valence-corrected chi connectivity index (χ2v) is 10.1. The van der Waals surface area contributed by atoms with Gasteiger partial charge in [-0.3, -0.25) is 9.69 Å². The monoisotopic (exact) mass is 375 g/mol. The summed E-state index contributed by atoms with van der Waals surface area (Å²) in [6.45, 7) is 5.04. The number of carbonyl (C=O) groups excluding carboxylic acids is 1. The molecule has 0 unspecified atom stereocenters. The second kappa shape index (κ2) is 6.09. The number of fused-ring (bicyclic) bond motifs is 3. The fourth-order valence-electron chi connectivity index (χ4n) is 4.36. The molecule has 2 atom stereocenters. The van der Waals surface area contributed by atoms with E-state index in [1.165, 1.54) is 16.6 Å². The van der Waals surface area contributed by atoms with Crippen LogP contribution in [-0.4, -0.2) is 54.3 Å². The van der Waals surface area contributed by atoms with E-state index in [1.807, 2.05) is 13.0 Å². The number of hydrogen-bond acceptors (Lipinski definition) is 4. The van der Waals surface area contributed by atoms with Crippen molar-refractivity contribution in [2.75, 3.05) is 24.6 Å². The molecule has 3 heterocycles. The van der Waals surface area contributed by atoms with Crippen LogP contribution in [0, 0.1) is 0 Å². The topological polar surface area (TPSA) is 82.3 Å². The zero-order valence-electron chi connectivity index (χ0n) is 15.2. The zero-order valence-corrected chi connectivity index (χ0v) is 16.0. The van der Waals surface area contributed by atoms with Gasteiger partial charge in [0.1, 0.15) is 0 Å². The molecule has 2 aliphatic rings. The summed E-state index contributed by atoms with van der Waals surface area (Å²) >= 11 is 0. The smallest absolute Gasteiger partial charge is 0.234 e. The molecule has 0 saturated carbocycles. The van der Waals surface area contributed by atoms with E-state index in [0.717, 1.165) is 18.5 Å². The van der Waals surface area contributed by atoms with E-state index in [4.69, 9.17) is 0 Å². The number of nitrogens with zero attached hydrogens (tertiary/aromatic N) is 1. The van der Waals surface area contributed by atoms with E-state index in [-0.39, 0.29) is 30.0 Å². The number of sulfone groups is 1. The SMILES string of the molecule is C[C@H]1c2[nH]c3ccccc3c2CCN1CC(=O)N[C@@]1(C)CCS(=O)(=O)C1. The van der Waals surface area contributed by atoms with Gasteiger partial charge in [-0.15, -0.1) is 0 Å². The lowest BCUT2D eigenvalue weighted by atomic mass is 9.98. The van der Waals surface area contributed by atoms with Crippen molar-refractivity contribution in [1.82, 2.24) is 15.2 Å². The number of benzene rings is 1. The molecule has 0 spiro atoms. The van der Waals surface area contributed by atoms with Crippen molar-refractivity contribution in [2.45, 2.75) is 38.3 Å². The molecule has 0 radical (unpaired) electrons. The average molecular weight is 375 g/mol. The first-order valence-corrected chi connectivity index (χ1v) is 10.9. The highest BCUT2D eigenvalue weighted by atomic mass is 32.2. The van der Waals surface area contributed by atoms with E-state index in [2.05, 4.69) is 40.3 Å². The van der Waals surface area contributed by atoms with Gasteiger partial charge in [-0.05, 0) is 38.3 Å². The summed E-state index contributed by atoms with van der Waals surface area (Å²) in [6, 6.07) is 8.42. The first-order valence-electron chi connectivity index (χ1n) is 9.11. The molecule has 26 heavy (non-hydrogen) atoms. The van der Waals surface area contributed by atoms with Gasteiger partial charge in [-0.2, -0.15) is 0 Å². The van der Waals surface area contributed by atoms with Crippen LogP contribution in [0.15, 0.2) is 24.3 Å². The maximum absolute atomic E-state index is 12.6. The number of rotatable bonds is 3. The van der Waals surface area contributed by atoms with Crippen LogP contribution in [0.3, 0.4) is 0 Å². The Balaban J connectivity index is 1.47. The third kappa shape index (κ3) is 3.14. The van der Waals surface area contributed by atoms with Gasteiger partial charge in [0.05, 0.1) is 23.6 Å². The Morgan fingerprint density at radius 3 is 2.88 bits per heavy atom. The molecule has 0 aliphatic carbocycles. The summed E-state index contributed by atoms with van der Waals surface area (Å²) < 4.78 is 23.5. The van der Waals surface area contributed by atoms with Gasteiger partial charge in [0.15, 0.2) is 9.84 Å². The Kier molecular flexibility index (Phi) is 4.11. The molecule has 1 aromatic carbocycles. The molecule has 1 saturated heterocycles. The molecule has 1 fully saturated rings. The molecular formula is C19H25N3O3S. The minimum absolute atomic E-state index is 0.0352. The number of carbonyl (C=O) groups is 1. The zero-order chi connectivity index (χ0) is 18.5. The molecule has 2 aromatic rings. The highest BCUT2D eigenvalue weighted by Gasteiger charge is 2.40. The normalized spacial score (nSPS) is 28.2. The molecule has 6 nitrogen and oxygen atoms in total. The Labute approximate surface area is 153 Å². The lowest BCUT2D eigenvalue weighted by molar-refractivity contribution is -0.124. The number of hydrogen-bond donors (Lipinski definition) is 2. The molecule has 1 aromatic heterocycles. The summed E-state index contributed by atoms with van der Waals surface area (Å²) in [5.74, 6) is 0.0893. The third-order valence-electron chi connectivity index (χ3n) is 5.75. The van der Waals surface area contributed by atoms with Crippen LogP contribution in [0.4, 0.5) is 0 Å². The van der Waals surface area contributed by atoms with Crippen molar-refractivity contribution in [3.05, 3.63) is 35.5 Å². The summed E-state index contributed by atoms with van der Waals surface area (Å²) in [4.78, 5) is 18.2. The van der Waals surface area contributed by atoms with E-state index in [9.17, 15) is 13.2 Å². The summed E-state index contributed by atoms with van der Waals surface area (Å²) in [6.07, 6.45) is 1.39. The number of H-pyrrole nitrogens is 1. The number of para-hydroxylation sites is 1. The maximum Gasteiger partial charge on any atom is 0.234 e. The maximum atomic E-state index is 12.6. The van der Waals surface area contributed by atoms with Crippen LogP contribution in [0.2, 0.25) is 0 Å². The van der Waals surface area contributed by atoms with Crippen LogP contribution < -0.4 is 5.32 Å². The number of aromatic amines is 1. The minimum Gasteiger partial charge on any atom is -0.357 e. The summed E-state index contributed by atoms with van der Waals surface area (Å²) in [5.41, 5.74) is 3.03. The van der Waals surface area contributed by atoms with Crippen LogP contribution in [-0.2, 0) is 21.1 Å². The van der Waals surface area contributed by atoms with Gasteiger partial charge in [0.25, 0.3) is 0 Å². The number of aromatic nitrogens is 1. The predicted octanol–water partition coefficient (Wildman–Crippen LogP) is 1.78. The van der Waals surface area contributed by atoms with Gasteiger partial charge in [0, 0.05) is 29.2 Å². The number of nitrogens with one attached hydrogen (secondary N) is 2. The Hall–Kier alpha value is -1.86. The Morgan fingerprint density at radius 2 is 2.15 bits per heavy atom. The molecule has 0 bridgehead atoms. The van der Waals surface area contributed by atoms with E-state index in [1.54, 1.807) is 0 Å². The first kappa shape index (κ1) is 17.5. The quantitative estimate of drug-likeness (QED) is 0.857. The van der Waals surface area contributed by atoms with Gasteiger partial charge >= 0.3 is 0 Å². The lowest BCUT2D eigenvalue weighted by Gasteiger charge is -2.34. The molecule has 1 amide bonds. The summed E-state index contributed by atoms with van der Waals surface area (Å²) in [5, 5.41) is 4.23. The Morgan fingerprint density at radius 1 is 1.38 bits per heavy atom. The van der Waals surface area contributed by atoms with Crippen LogP contribution >= 0.6 is 0 Å². The van der Waals surface area contributed by atoms with Crippen molar-refractivity contribution in [3.63, 3.8) is 0 Å². The van der Waals surface area contributed by atoms with Crippen molar-refractivity contribution >= 4 is 26.6 Å². The lowest BCUT2D eigenvalue weighted by Crippen LogP contribution is -2.51. The van der Waals surface area contributed by atoms with Crippen LogP contribution in [0.25, 0.3) is 10.9 Å². The van der Waals surface area contributed by atoms with E-state index >= 15 is 0 Å². The van der Waals surface area contributed by atoms with Crippen molar-refractivity contribution < 1.29 is 13.2 Å². The van der Waals surface area contributed by atoms with Crippen molar-refractivity contribution in [3.8, 4) is 0 Å². The fourth-order valence-corrected chi connectivity index (χ4v) is 6.46.